The van der Waals surface area contributed by atoms with Crippen LogP contribution in [0.4, 0.5) is 5.82 Å². The zero-order valence-electron chi connectivity index (χ0n) is 9.79. The van der Waals surface area contributed by atoms with Gasteiger partial charge in [-0.05, 0) is 46.9 Å². The molecule has 1 aromatic heterocycles. The Morgan fingerprint density at radius 1 is 1.22 bits per heavy atom. The Bertz CT molecular complexity index is 582. The summed E-state index contributed by atoms with van der Waals surface area (Å²) in [5, 5.41) is 5.18. The summed E-state index contributed by atoms with van der Waals surface area (Å²) < 4.78 is 1.20. The van der Waals surface area contributed by atoms with Gasteiger partial charge in [-0.1, -0.05) is 11.6 Å². The van der Waals surface area contributed by atoms with Crippen LogP contribution < -0.4 is 10.2 Å². The number of hydrogen-bond acceptors (Lipinski definition) is 3. The topological polar surface area (TPSA) is 28.2 Å². The van der Waals surface area contributed by atoms with Crippen molar-refractivity contribution in [3.8, 4) is 0 Å². The quantitative estimate of drug-likeness (QED) is 0.779. The molecule has 1 aromatic carbocycles. The lowest BCUT2D eigenvalue weighted by Gasteiger charge is -2.29. The summed E-state index contributed by atoms with van der Waals surface area (Å²) in [6.45, 7) is 3.90. The number of anilines is 1. The van der Waals surface area contributed by atoms with E-state index in [-0.39, 0.29) is 0 Å². The summed E-state index contributed by atoms with van der Waals surface area (Å²) in [5.41, 5.74) is 1.01. The van der Waals surface area contributed by atoms with Gasteiger partial charge >= 0.3 is 0 Å². The Morgan fingerprint density at radius 2 is 2.00 bits per heavy atom. The predicted molar refractivity (Wildman–Crippen MR) is 84.6 cm³/mol. The molecule has 1 fully saturated rings. The molecule has 2 aromatic rings. The molecular formula is C13H13ClIN3. The SMILES string of the molecule is Clc1cc2cc(I)ccc2nc1N1CCNCC1. The van der Waals surface area contributed by atoms with Gasteiger partial charge in [0, 0.05) is 35.1 Å². The number of hydrogen-bond donors (Lipinski definition) is 1. The van der Waals surface area contributed by atoms with Gasteiger partial charge in [-0.2, -0.15) is 0 Å². The molecule has 3 rings (SSSR count). The highest BCUT2D eigenvalue weighted by molar-refractivity contribution is 14.1. The minimum absolute atomic E-state index is 0.742. The molecule has 1 saturated heterocycles. The van der Waals surface area contributed by atoms with Crippen LogP contribution in [0.3, 0.4) is 0 Å². The fourth-order valence-electron chi connectivity index (χ4n) is 2.21. The highest BCUT2D eigenvalue weighted by atomic mass is 127. The van der Waals surface area contributed by atoms with E-state index in [0.717, 1.165) is 47.9 Å². The van der Waals surface area contributed by atoms with E-state index in [2.05, 4.69) is 51.0 Å². The normalized spacial score (nSPS) is 16.2. The first-order valence-electron chi connectivity index (χ1n) is 5.95. The highest BCUT2D eigenvalue weighted by Crippen LogP contribution is 2.28. The molecule has 1 N–H and O–H groups in total. The van der Waals surface area contributed by atoms with Gasteiger partial charge in [0.15, 0.2) is 0 Å². The number of pyridine rings is 1. The largest absolute Gasteiger partial charge is 0.353 e. The monoisotopic (exact) mass is 373 g/mol. The van der Waals surface area contributed by atoms with Crippen LogP contribution in [0.1, 0.15) is 0 Å². The van der Waals surface area contributed by atoms with Crippen LogP contribution in [0.2, 0.25) is 5.02 Å². The number of benzene rings is 1. The molecule has 1 aliphatic heterocycles. The highest BCUT2D eigenvalue weighted by Gasteiger charge is 2.15. The first kappa shape index (κ1) is 12.4. The standard InChI is InChI=1S/C13H13ClIN3/c14-11-8-9-7-10(15)1-2-12(9)17-13(11)18-5-3-16-4-6-18/h1-2,7-8,16H,3-6H2. The lowest BCUT2D eigenvalue weighted by atomic mass is 10.2. The first-order chi connectivity index (χ1) is 8.74. The molecule has 3 nitrogen and oxygen atoms in total. The van der Waals surface area contributed by atoms with Gasteiger partial charge in [-0.25, -0.2) is 4.98 Å². The molecule has 0 amide bonds. The van der Waals surface area contributed by atoms with E-state index in [1.807, 2.05) is 6.07 Å². The van der Waals surface area contributed by atoms with E-state index >= 15 is 0 Å². The molecule has 18 heavy (non-hydrogen) atoms. The van der Waals surface area contributed by atoms with E-state index in [9.17, 15) is 0 Å². The van der Waals surface area contributed by atoms with Crippen LogP contribution in [0, 0.1) is 3.57 Å². The Kier molecular flexibility index (Phi) is 3.59. The van der Waals surface area contributed by atoms with Gasteiger partial charge in [0.25, 0.3) is 0 Å². The zero-order chi connectivity index (χ0) is 12.5. The van der Waals surface area contributed by atoms with Gasteiger partial charge in [-0.15, -0.1) is 0 Å². The van der Waals surface area contributed by atoms with Crippen molar-refractivity contribution in [2.75, 3.05) is 31.1 Å². The lowest BCUT2D eigenvalue weighted by molar-refractivity contribution is 0.585. The van der Waals surface area contributed by atoms with E-state index in [1.165, 1.54) is 3.57 Å². The third-order valence-corrected chi connectivity index (χ3v) is 4.08. The number of halogens is 2. The minimum Gasteiger partial charge on any atom is -0.353 e. The Morgan fingerprint density at radius 3 is 2.78 bits per heavy atom. The Hall–Kier alpha value is -0.590. The van der Waals surface area contributed by atoms with E-state index in [0.29, 0.717) is 0 Å². The fraction of sp³-hybridized carbons (Fsp3) is 0.308. The number of fused-ring (bicyclic) bond motifs is 1. The van der Waals surface area contributed by atoms with E-state index in [1.54, 1.807) is 0 Å². The molecule has 0 saturated carbocycles. The first-order valence-corrected chi connectivity index (χ1v) is 7.41. The van der Waals surface area contributed by atoms with E-state index in [4.69, 9.17) is 16.6 Å². The zero-order valence-corrected chi connectivity index (χ0v) is 12.7. The molecule has 0 spiro atoms. The summed E-state index contributed by atoms with van der Waals surface area (Å²) >= 11 is 8.66. The smallest absolute Gasteiger partial charge is 0.148 e. The van der Waals surface area contributed by atoms with Crippen LogP contribution in [0.5, 0.6) is 0 Å². The Balaban J connectivity index is 2.06. The van der Waals surface area contributed by atoms with E-state index < -0.39 is 0 Å². The van der Waals surface area contributed by atoms with Crippen LogP contribution in [-0.2, 0) is 0 Å². The number of nitrogens with one attached hydrogen (secondary N) is 1. The second-order valence-electron chi connectivity index (χ2n) is 4.37. The Labute approximate surface area is 125 Å². The number of aromatic nitrogens is 1. The maximum absolute atomic E-state index is 6.36. The van der Waals surface area contributed by atoms with Crippen molar-refractivity contribution in [2.45, 2.75) is 0 Å². The number of nitrogens with zero attached hydrogens (tertiary/aromatic N) is 2. The average Bonchev–Trinajstić information content (AvgIpc) is 2.39. The van der Waals surface area contributed by atoms with Crippen LogP contribution in [-0.4, -0.2) is 31.2 Å². The lowest BCUT2D eigenvalue weighted by Crippen LogP contribution is -2.44. The van der Waals surface area contributed by atoms with Gasteiger partial charge in [0.1, 0.15) is 5.82 Å². The summed E-state index contributed by atoms with van der Waals surface area (Å²) in [6.07, 6.45) is 0. The van der Waals surface area contributed by atoms with Crippen molar-refractivity contribution in [1.82, 2.24) is 10.3 Å². The second-order valence-corrected chi connectivity index (χ2v) is 6.02. The van der Waals surface area contributed by atoms with Gasteiger partial charge < -0.3 is 10.2 Å². The molecule has 5 heteroatoms. The van der Waals surface area contributed by atoms with Crippen molar-refractivity contribution in [1.29, 1.82) is 0 Å². The number of rotatable bonds is 1. The molecule has 0 unspecified atom stereocenters. The van der Waals surface area contributed by atoms with Crippen molar-refractivity contribution in [2.24, 2.45) is 0 Å². The number of piperazine rings is 1. The van der Waals surface area contributed by atoms with Crippen LogP contribution >= 0.6 is 34.2 Å². The molecule has 1 aliphatic rings. The summed E-state index contributed by atoms with van der Waals surface area (Å²) in [6, 6.07) is 8.25. The van der Waals surface area contributed by atoms with Crippen molar-refractivity contribution in [3.63, 3.8) is 0 Å². The second kappa shape index (κ2) is 5.19. The van der Waals surface area contributed by atoms with Crippen molar-refractivity contribution >= 4 is 50.9 Å². The molecule has 0 bridgehead atoms. The minimum atomic E-state index is 0.742. The molecule has 0 aliphatic carbocycles. The van der Waals surface area contributed by atoms with Crippen LogP contribution in [0.15, 0.2) is 24.3 Å². The molecular weight excluding hydrogens is 361 g/mol. The van der Waals surface area contributed by atoms with Gasteiger partial charge in [0.05, 0.1) is 10.5 Å². The molecule has 0 radical (unpaired) electrons. The summed E-state index contributed by atoms with van der Waals surface area (Å²) in [7, 11) is 0. The van der Waals surface area contributed by atoms with Crippen molar-refractivity contribution < 1.29 is 0 Å². The van der Waals surface area contributed by atoms with Crippen LogP contribution in [0.25, 0.3) is 10.9 Å². The summed E-state index contributed by atoms with van der Waals surface area (Å²) in [5.74, 6) is 0.909. The maximum atomic E-state index is 6.36. The molecule has 94 valence electrons. The third kappa shape index (κ3) is 2.41. The maximum Gasteiger partial charge on any atom is 0.148 e. The predicted octanol–water partition coefficient (Wildman–Crippen LogP) is 2.90. The van der Waals surface area contributed by atoms with Gasteiger partial charge in [-0.3, -0.25) is 0 Å². The molecule has 2 heterocycles. The summed E-state index contributed by atoms with van der Waals surface area (Å²) in [4.78, 5) is 6.95. The molecule has 0 atom stereocenters. The van der Waals surface area contributed by atoms with Gasteiger partial charge in [0.2, 0.25) is 0 Å². The average molecular weight is 374 g/mol. The van der Waals surface area contributed by atoms with Crippen molar-refractivity contribution in [3.05, 3.63) is 32.9 Å². The third-order valence-electron chi connectivity index (χ3n) is 3.13. The fourth-order valence-corrected chi connectivity index (χ4v) is 3.00.